The van der Waals surface area contributed by atoms with Crippen LogP contribution in [0, 0.1) is 11.3 Å². The zero-order chi connectivity index (χ0) is 15.9. The van der Waals surface area contributed by atoms with Crippen LogP contribution in [-0.4, -0.2) is 19.5 Å². The molecule has 3 rings (SSSR count). The third kappa shape index (κ3) is 3.92. The molecule has 0 fully saturated rings. The van der Waals surface area contributed by atoms with Crippen molar-refractivity contribution in [3.05, 3.63) is 72.2 Å². The van der Waals surface area contributed by atoms with E-state index in [2.05, 4.69) is 49.1 Å². The van der Waals surface area contributed by atoms with Gasteiger partial charge in [0.25, 0.3) is 0 Å². The molecule has 0 aliphatic heterocycles. The zero-order valence-electron chi connectivity index (χ0n) is 12.6. The molecule has 0 saturated carbocycles. The van der Waals surface area contributed by atoms with Crippen LogP contribution in [0.15, 0.2) is 55.1 Å². The summed E-state index contributed by atoms with van der Waals surface area (Å²) in [6.07, 6.45) is 7.73. The highest BCUT2D eigenvalue weighted by atomic mass is 15.1. The summed E-state index contributed by atoms with van der Waals surface area (Å²) in [4.78, 5) is 12.5. The molecule has 6 heteroatoms. The second kappa shape index (κ2) is 7.18. The Labute approximate surface area is 134 Å². The molecule has 3 aromatic rings. The van der Waals surface area contributed by atoms with Crippen LogP contribution in [-0.2, 0) is 19.5 Å². The highest BCUT2D eigenvalue weighted by molar-refractivity contribution is 5.33. The summed E-state index contributed by atoms with van der Waals surface area (Å²) in [6, 6.07) is 12.3. The third-order valence-corrected chi connectivity index (χ3v) is 3.48. The maximum absolute atomic E-state index is 8.71. The lowest BCUT2D eigenvalue weighted by Crippen LogP contribution is -2.10. The lowest BCUT2D eigenvalue weighted by molar-refractivity contribution is 0.657. The van der Waals surface area contributed by atoms with Gasteiger partial charge in [0.1, 0.15) is 17.7 Å². The zero-order valence-corrected chi connectivity index (χ0v) is 12.6. The predicted octanol–water partition coefficient (Wildman–Crippen LogP) is 2.40. The van der Waals surface area contributed by atoms with Gasteiger partial charge in [-0.25, -0.2) is 15.0 Å². The molecule has 0 bridgehead atoms. The lowest BCUT2D eigenvalue weighted by atomic mass is 10.1. The van der Waals surface area contributed by atoms with Crippen molar-refractivity contribution in [3.63, 3.8) is 0 Å². The largest absolute Gasteiger partial charge is 0.362 e. The molecule has 1 aromatic carbocycles. The summed E-state index contributed by atoms with van der Waals surface area (Å²) in [5.41, 5.74) is 1.61. The topological polar surface area (TPSA) is 79.4 Å². The van der Waals surface area contributed by atoms with E-state index in [1.165, 1.54) is 11.8 Å². The van der Waals surface area contributed by atoms with Gasteiger partial charge in [-0.15, -0.1) is 0 Å². The number of rotatable bonds is 6. The molecule has 0 aliphatic rings. The summed E-state index contributed by atoms with van der Waals surface area (Å²) in [7, 11) is 0. The lowest BCUT2D eigenvalue weighted by Gasteiger charge is -2.09. The Morgan fingerprint density at radius 1 is 1.09 bits per heavy atom. The number of anilines is 1. The van der Waals surface area contributed by atoms with Gasteiger partial charge in [-0.05, 0) is 12.0 Å². The van der Waals surface area contributed by atoms with Crippen LogP contribution in [0.5, 0.6) is 0 Å². The first-order valence-electron chi connectivity index (χ1n) is 7.35. The average Bonchev–Trinajstić information content (AvgIpc) is 3.07. The van der Waals surface area contributed by atoms with Crippen molar-refractivity contribution in [2.75, 3.05) is 5.32 Å². The van der Waals surface area contributed by atoms with Crippen molar-refractivity contribution in [2.24, 2.45) is 0 Å². The summed E-state index contributed by atoms with van der Waals surface area (Å²) < 4.78 is 2.12. The molecule has 0 atom stereocenters. The second-order valence-electron chi connectivity index (χ2n) is 5.02. The number of hydrogen-bond donors (Lipinski definition) is 1. The van der Waals surface area contributed by atoms with Gasteiger partial charge in [0.05, 0.1) is 18.9 Å². The average molecular weight is 304 g/mol. The van der Waals surface area contributed by atoms with Crippen LogP contribution < -0.4 is 5.32 Å². The number of hydrogen-bond acceptors (Lipinski definition) is 5. The molecule has 0 aliphatic carbocycles. The smallest absolute Gasteiger partial charge is 0.158 e. The fourth-order valence-electron chi connectivity index (χ4n) is 2.25. The van der Waals surface area contributed by atoms with Gasteiger partial charge < -0.3 is 9.88 Å². The molecule has 0 unspecified atom stereocenters. The van der Waals surface area contributed by atoms with Crippen LogP contribution in [0.3, 0.4) is 0 Å². The number of nitriles is 1. The fraction of sp³-hybridized carbons (Fsp3) is 0.176. The molecule has 0 amide bonds. The van der Waals surface area contributed by atoms with E-state index in [4.69, 9.17) is 5.26 Å². The molecule has 0 saturated heterocycles. The Balaban J connectivity index is 1.58. The van der Waals surface area contributed by atoms with E-state index in [9.17, 15) is 0 Å². The third-order valence-electron chi connectivity index (χ3n) is 3.48. The predicted molar refractivity (Wildman–Crippen MR) is 86.4 cm³/mol. The van der Waals surface area contributed by atoms with Gasteiger partial charge in [0, 0.05) is 18.9 Å². The number of aryl methyl sites for hydroxylation is 2. The van der Waals surface area contributed by atoms with Gasteiger partial charge in [0.2, 0.25) is 0 Å². The standard InChI is InChI=1S/C17H16N6/c18-10-15-11-21-16(12-20-15)22-13-17-19-7-9-23(17)8-6-14-4-2-1-3-5-14/h1-5,7,9,11-12H,6,8,13H2,(H,21,22). The van der Waals surface area contributed by atoms with Crippen molar-refractivity contribution >= 4 is 5.82 Å². The molecule has 6 nitrogen and oxygen atoms in total. The molecular formula is C17H16N6. The molecule has 0 spiro atoms. The van der Waals surface area contributed by atoms with Gasteiger partial charge >= 0.3 is 0 Å². The SMILES string of the molecule is N#Cc1cnc(NCc2nccn2CCc2ccccc2)cn1. The summed E-state index contributed by atoms with van der Waals surface area (Å²) >= 11 is 0. The highest BCUT2D eigenvalue weighted by Crippen LogP contribution is 2.07. The van der Waals surface area contributed by atoms with E-state index in [0.29, 0.717) is 18.1 Å². The highest BCUT2D eigenvalue weighted by Gasteiger charge is 2.04. The van der Waals surface area contributed by atoms with Crippen LogP contribution in [0.4, 0.5) is 5.82 Å². The van der Waals surface area contributed by atoms with E-state index in [1.807, 2.05) is 18.3 Å². The van der Waals surface area contributed by atoms with Crippen molar-refractivity contribution < 1.29 is 0 Å². The van der Waals surface area contributed by atoms with Gasteiger partial charge in [-0.1, -0.05) is 30.3 Å². The van der Waals surface area contributed by atoms with Gasteiger partial charge in [-0.3, -0.25) is 0 Å². The van der Waals surface area contributed by atoms with E-state index in [1.54, 1.807) is 12.4 Å². The van der Waals surface area contributed by atoms with E-state index in [-0.39, 0.29) is 0 Å². The van der Waals surface area contributed by atoms with Gasteiger partial charge in [0.15, 0.2) is 5.69 Å². The minimum atomic E-state index is 0.305. The van der Waals surface area contributed by atoms with Crippen LogP contribution >= 0.6 is 0 Å². The maximum Gasteiger partial charge on any atom is 0.158 e. The van der Waals surface area contributed by atoms with Crippen LogP contribution in [0.1, 0.15) is 17.1 Å². The second-order valence-corrected chi connectivity index (χ2v) is 5.02. The molecule has 114 valence electrons. The molecular weight excluding hydrogens is 288 g/mol. The van der Waals surface area contributed by atoms with Crippen molar-refractivity contribution in [1.82, 2.24) is 19.5 Å². The number of nitrogens with zero attached hydrogens (tertiary/aromatic N) is 5. The maximum atomic E-state index is 8.71. The fourth-order valence-corrected chi connectivity index (χ4v) is 2.25. The van der Waals surface area contributed by atoms with E-state index < -0.39 is 0 Å². The Morgan fingerprint density at radius 2 is 1.96 bits per heavy atom. The quantitative estimate of drug-likeness (QED) is 0.756. The minimum Gasteiger partial charge on any atom is -0.362 e. The number of nitrogens with one attached hydrogen (secondary N) is 1. The van der Waals surface area contributed by atoms with E-state index >= 15 is 0 Å². The van der Waals surface area contributed by atoms with Crippen molar-refractivity contribution in [2.45, 2.75) is 19.5 Å². The molecule has 2 aromatic heterocycles. The van der Waals surface area contributed by atoms with Crippen molar-refractivity contribution in [3.8, 4) is 6.07 Å². The Bertz CT molecular complexity index is 786. The van der Waals surface area contributed by atoms with Crippen LogP contribution in [0.25, 0.3) is 0 Å². The number of imidazole rings is 1. The first-order valence-corrected chi connectivity index (χ1v) is 7.35. The number of benzene rings is 1. The summed E-state index contributed by atoms with van der Waals surface area (Å²) in [5.74, 6) is 1.56. The Morgan fingerprint density at radius 3 is 2.70 bits per heavy atom. The van der Waals surface area contributed by atoms with Gasteiger partial charge in [-0.2, -0.15) is 5.26 Å². The minimum absolute atomic E-state index is 0.305. The first-order chi connectivity index (χ1) is 11.3. The molecule has 23 heavy (non-hydrogen) atoms. The first kappa shape index (κ1) is 14.7. The summed E-state index contributed by atoms with van der Waals surface area (Å²) in [6.45, 7) is 1.43. The Kier molecular flexibility index (Phi) is 4.60. The molecule has 2 heterocycles. The Hall–Kier alpha value is -3.20. The van der Waals surface area contributed by atoms with Crippen molar-refractivity contribution in [1.29, 1.82) is 5.26 Å². The monoisotopic (exact) mass is 304 g/mol. The molecule has 1 N–H and O–H groups in total. The van der Waals surface area contributed by atoms with Crippen LogP contribution in [0.2, 0.25) is 0 Å². The molecule has 0 radical (unpaired) electrons. The van der Waals surface area contributed by atoms with E-state index in [0.717, 1.165) is 18.8 Å². The summed E-state index contributed by atoms with van der Waals surface area (Å²) in [5, 5.41) is 11.9. The normalized spacial score (nSPS) is 10.2. The number of aromatic nitrogens is 4.